The van der Waals surface area contributed by atoms with Crippen molar-refractivity contribution in [3.8, 4) is 0 Å². The zero-order valence-corrected chi connectivity index (χ0v) is 13.9. The maximum Gasteiger partial charge on any atom is 0.225 e. The Morgan fingerprint density at radius 3 is 2.70 bits per heavy atom. The molecule has 122 valence electrons. The van der Waals surface area contributed by atoms with Crippen LogP contribution in [-0.4, -0.2) is 27.5 Å². The lowest BCUT2D eigenvalue weighted by atomic mass is 10.2. The molecule has 3 rings (SSSR count). The van der Waals surface area contributed by atoms with E-state index in [1.54, 1.807) is 0 Å². The fourth-order valence-corrected chi connectivity index (χ4v) is 2.42. The van der Waals surface area contributed by atoms with Crippen LogP contribution in [0.15, 0.2) is 30.6 Å². The van der Waals surface area contributed by atoms with E-state index >= 15 is 0 Å². The summed E-state index contributed by atoms with van der Waals surface area (Å²) >= 11 is 0. The summed E-state index contributed by atoms with van der Waals surface area (Å²) < 4.78 is 0. The third-order valence-corrected chi connectivity index (χ3v) is 4.20. The number of aromatic nitrogens is 3. The molecule has 5 nitrogen and oxygen atoms in total. The van der Waals surface area contributed by atoms with Crippen molar-refractivity contribution < 1.29 is 0 Å². The lowest BCUT2D eigenvalue weighted by Crippen LogP contribution is -2.17. The Morgan fingerprint density at radius 2 is 2.00 bits per heavy atom. The van der Waals surface area contributed by atoms with Crippen molar-refractivity contribution in [3.05, 3.63) is 41.9 Å². The molecule has 1 saturated carbocycles. The molecule has 0 spiro atoms. The van der Waals surface area contributed by atoms with E-state index in [9.17, 15) is 0 Å². The van der Waals surface area contributed by atoms with Gasteiger partial charge in [-0.2, -0.15) is 4.98 Å². The quantitative estimate of drug-likeness (QED) is 0.779. The first kappa shape index (κ1) is 15.7. The molecule has 0 bridgehead atoms. The average molecular weight is 311 g/mol. The monoisotopic (exact) mass is 311 g/mol. The van der Waals surface area contributed by atoms with E-state index in [0.717, 1.165) is 36.8 Å². The van der Waals surface area contributed by atoms with Gasteiger partial charge in [-0.1, -0.05) is 6.92 Å². The van der Waals surface area contributed by atoms with Crippen molar-refractivity contribution in [2.45, 2.75) is 51.5 Å². The fourth-order valence-electron chi connectivity index (χ4n) is 2.42. The molecule has 1 fully saturated rings. The Balaban J connectivity index is 1.65. The van der Waals surface area contributed by atoms with Crippen molar-refractivity contribution in [1.82, 2.24) is 15.0 Å². The van der Waals surface area contributed by atoms with E-state index in [1.807, 2.05) is 24.5 Å². The second-order valence-electron chi connectivity index (χ2n) is 6.26. The third-order valence-electron chi connectivity index (χ3n) is 4.20. The van der Waals surface area contributed by atoms with Crippen LogP contribution in [0.2, 0.25) is 0 Å². The summed E-state index contributed by atoms with van der Waals surface area (Å²) in [6.07, 6.45) is 8.17. The average Bonchev–Trinajstić information content (AvgIpc) is 3.40. The van der Waals surface area contributed by atoms with Crippen LogP contribution in [0.25, 0.3) is 0 Å². The van der Waals surface area contributed by atoms with Gasteiger partial charge in [0.05, 0.1) is 5.69 Å². The van der Waals surface area contributed by atoms with Gasteiger partial charge in [0.1, 0.15) is 5.82 Å². The van der Waals surface area contributed by atoms with E-state index in [2.05, 4.69) is 45.5 Å². The molecule has 2 N–H and O–H groups in total. The number of hydrogen-bond donors (Lipinski definition) is 2. The summed E-state index contributed by atoms with van der Waals surface area (Å²) in [5, 5.41) is 6.83. The first-order valence-electron chi connectivity index (χ1n) is 8.53. The van der Waals surface area contributed by atoms with E-state index in [0.29, 0.717) is 12.0 Å². The van der Waals surface area contributed by atoms with Crippen molar-refractivity contribution >= 4 is 11.8 Å². The third kappa shape index (κ3) is 4.65. The molecule has 0 radical (unpaired) electrons. The maximum atomic E-state index is 4.68. The van der Waals surface area contributed by atoms with Crippen molar-refractivity contribution in [1.29, 1.82) is 0 Å². The van der Waals surface area contributed by atoms with Crippen molar-refractivity contribution in [2.75, 3.05) is 17.2 Å². The van der Waals surface area contributed by atoms with Crippen LogP contribution in [0.3, 0.4) is 0 Å². The van der Waals surface area contributed by atoms with Gasteiger partial charge in [-0.05, 0) is 50.3 Å². The molecule has 0 aliphatic heterocycles. The molecule has 0 saturated heterocycles. The van der Waals surface area contributed by atoms with Crippen LogP contribution in [0.5, 0.6) is 0 Å². The molecule has 2 aromatic heterocycles. The van der Waals surface area contributed by atoms with Crippen LogP contribution in [0, 0.1) is 0 Å². The lowest BCUT2D eigenvalue weighted by Gasteiger charge is -2.14. The molecule has 1 atom stereocenters. The number of anilines is 2. The molecule has 5 heteroatoms. The number of hydrogen-bond acceptors (Lipinski definition) is 5. The van der Waals surface area contributed by atoms with E-state index in [-0.39, 0.29) is 0 Å². The first-order chi connectivity index (χ1) is 11.2. The molecule has 1 aliphatic carbocycles. The topological polar surface area (TPSA) is 62.7 Å². The Kier molecular flexibility index (Phi) is 5.05. The molecule has 0 unspecified atom stereocenters. The second kappa shape index (κ2) is 7.40. The fraction of sp³-hybridized carbons (Fsp3) is 0.500. The Labute approximate surface area is 138 Å². The van der Waals surface area contributed by atoms with Crippen LogP contribution >= 0.6 is 0 Å². The first-order valence-corrected chi connectivity index (χ1v) is 8.53. The predicted molar refractivity (Wildman–Crippen MR) is 93.8 cm³/mol. The van der Waals surface area contributed by atoms with Crippen molar-refractivity contribution in [2.24, 2.45) is 0 Å². The lowest BCUT2D eigenvalue weighted by molar-refractivity contribution is 0.750. The summed E-state index contributed by atoms with van der Waals surface area (Å²) in [4.78, 5) is 13.3. The zero-order valence-electron chi connectivity index (χ0n) is 13.9. The summed E-state index contributed by atoms with van der Waals surface area (Å²) in [6.45, 7) is 5.17. The number of rotatable bonds is 8. The minimum Gasteiger partial charge on any atom is -0.370 e. The highest BCUT2D eigenvalue weighted by Gasteiger charge is 2.26. The maximum absolute atomic E-state index is 4.68. The van der Waals surface area contributed by atoms with E-state index in [1.165, 1.54) is 18.4 Å². The summed E-state index contributed by atoms with van der Waals surface area (Å²) in [6, 6.07) is 6.58. The van der Waals surface area contributed by atoms with Crippen LogP contribution in [0.4, 0.5) is 11.8 Å². The molecule has 2 aromatic rings. The number of pyridine rings is 1. The van der Waals surface area contributed by atoms with Gasteiger partial charge >= 0.3 is 0 Å². The van der Waals surface area contributed by atoms with Gasteiger partial charge in [0, 0.05) is 37.0 Å². The largest absolute Gasteiger partial charge is 0.370 e. The normalized spacial score (nSPS) is 15.2. The predicted octanol–water partition coefficient (Wildman–Crippen LogP) is 3.61. The van der Waals surface area contributed by atoms with Gasteiger partial charge < -0.3 is 10.6 Å². The molecule has 2 heterocycles. The summed E-state index contributed by atoms with van der Waals surface area (Å²) in [5.74, 6) is 2.29. The molecule has 0 amide bonds. The highest BCUT2D eigenvalue weighted by Crippen LogP contribution is 2.39. The zero-order chi connectivity index (χ0) is 16.1. The van der Waals surface area contributed by atoms with Crippen LogP contribution < -0.4 is 10.6 Å². The Morgan fingerprint density at radius 1 is 1.22 bits per heavy atom. The van der Waals surface area contributed by atoms with Crippen LogP contribution in [-0.2, 0) is 6.42 Å². The van der Waals surface area contributed by atoms with Gasteiger partial charge in [-0.25, -0.2) is 4.98 Å². The molecule has 23 heavy (non-hydrogen) atoms. The molecule has 0 aromatic carbocycles. The summed E-state index contributed by atoms with van der Waals surface area (Å²) in [7, 11) is 0. The highest BCUT2D eigenvalue weighted by atomic mass is 15.2. The standard InChI is InChI=1S/C18H25N5/c1-3-13(2)21-18-22-16(15-4-5-15)12-17(23-18)20-11-8-14-6-9-19-10-7-14/h6-7,9-10,12-13,15H,3-5,8,11H2,1-2H3,(H2,20,21,22,23)/t13-/m0/s1. The molecule has 1 aliphatic rings. The van der Waals surface area contributed by atoms with Gasteiger partial charge in [0.25, 0.3) is 0 Å². The van der Waals surface area contributed by atoms with Gasteiger partial charge in [-0.15, -0.1) is 0 Å². The second-order valence-corrected chi connectivity index (χ2v) is 6.26. The summed E-state index contributed by atoms with van der Waals surface area (Å²) in [5.41, 5.74) is 2.44. The van der Waals surface area contributed by atoms with Gasteiger partial charge in [0.15, 0.2) is 0 Å². The highest BCUT2D eigenvalue weighted by molar-refractivity contribution is 5.44. The minimum absolute atomic E-state index is 0.383. The van der Waals surface area contributed by atoms with Crippen LogP contribution in [0.1, 0.15) is 50.3 Å². The molecular formula is C18H25N5. The smallest absolute Gasteiger partial charge is 0.225 e. The van der Waals surface area contributed by atoms with E-state index < -0.39 is 0 Å². The molecular weight excluding hydrogens is 286 g/mol. The van der Waals surface area contributed by atoms with Crippen molar-refractivity contribution in [3.63, 3.8) is 0 Å². The SMILES string of the molecule is CC[C@H](C)Nc1nc(NCCc2ccncc2)cc(C2CC2)n1. The van der Waals surface area contributed by atoms with E-state index in [4.69, 9.17) is 0 Å². The van der Waals surface area contributed by atoms with Gasteiger partial charge in [-0.3, -0.25) is 4.98 Å². The minimum atomic E-state index is 0.383. The van der Waals surface area contributed by atoms with Gasteiger partial charge in [0.2, 0.25) is 5.95 Å². The Hall–Kier alpha value is -2.17. The number of nitrogens with one attached hydrogen (secondary N) is 2. The Bertz CT molecular complexity index is 625. The number of nitrogens with zero attached hydrogens (tertiary/aromatic N) is 3.